The lowest BCUT2D eigenvalue weighted by Crippen LogP contribution is -2.27. The number of halogens is 1. The van der Waals surface area contributed by atoms with E-state index in [1.165, 1.54) is 6.07 Å². The Bertz CT molecular complexity index is 1080. The SMILES string of the molecule is CCn1c2cc(C3CCCC(N)C3)c(F)cc2c(=O)c2c(=O)[nH]oc21. The molecule has 0 spiro atoms. The molecule has 1 saturated carbocycles. The molecule has 3 N–H and O–H groups in total. The maximum absolute atomic E-state index is 14.8. The van der Waals surface area contributed by atoms with Crippen LogP contribution in [0.25, 0.3) is 22.0 Å². The van der Waals surface area contributed by atoms with E-state index in [-0.39, 0.29) is 28.4 Å². The maximum Gasteiger partial charge on any atom is 0.293 e. The van der Waals surface area contributed by atoms with Crippen LogP contribution in [0.2, 0.25) is 0 Å². The Labute approximate surface area is 142 Å². The number of rotatable bonds is 2. The van der Waals surface area contributed by atoms with Gasteiger partial charge in [-0.25, -0.2) is 4.39 Å². The van der Waals surface area contributed by atoms with Crippen LogP contribution in [0.4, 0.5) is 4.39 Å². The largest absolute Gasteiger partial charge is 0.360 e. The minimum Gasteiger partial charge on any atom is -0.360 e. The van der Waals surface area contributed by atoms with Gasteiger partial charge in [0.25, 0.3) is 5.56 Å². The summed E-state index contributed by atoms with van der Waals surface area (Å²) in [5.74, 6) is -0.367. The topological polar surface area (TPSA) is 94.0 Å². The Balaban J connectivity index is 2.03. The van der Waals surface area contributed by atoms with Crippen LogP contribution in [0.1, 0.15) is 44.1 Å². The van der Waals surface area contributed by atoms with Crippen molar-refractivity contribution in [3.05, 3.63) is 44.1 Å². The van der Waals surface area contributed by atoms with Crippen LogP contribution in [-0.4, -0.2) is 15.8 Å². The second-order valence-corrected chi connectivity index (χ2v) is 6.80. The Morgan fingerprint density at radius 1 is 1.36 bits per heavy atom. The minimum atomic E-state index is -0.591. The number of aromatic nitrogens is 2. The van der Waals surface area contributed by atoms with Crippen LogP contribution in [0.15, 0.2) is 26.2 Å². The standard InChI is InChI=1S/C18H20FN3O3/c1-2-22-14-8-11(9-4-3-5-10(20)6-9)13(19)7-12(14)16(23)15-17(24)21-25-18(15)22/h7-10H,2-6,20H2,1H3,(H,21,24). The number of hydrogen-bond acceptors (Lipinski definition) is 4. The van der Waals surface area contributed by atoms with Gasteiger partial charge in [0, 0.05) is 18.0 Å². The number of hydrogen-bond donors (Lipinski definition) is 2. The molecule has 0 aliphatic heterocycles. The molecule has 1 aliphatic rings. The predicted octanol–water partition coefficient (Wildman–Crippen LogP) is 2.58. The molecule has 2 aromatic heterocycles. The summed E-state index contributed by atoms with van der Waals surface area (Å²) in [6.07, 6.45) is 3.55. The van der Waals surface area contributed by atoms with E-state index >= 15 is 0 Å². The number of aryl methyl sites for hydroxylation is 1. The number of fused-ring (bicyclic) bond motifs is 2. The molecular weight excluding hydrogens is 325 g/mol. The monoisotopic (exact) mass is 345 g/mol. The molecule has 2 atom stereocenters. The van der Waals surface area contributed by atoms with E-state index < -0.39 is 16.8 Å². The number of benzene rings is 1. The highest BCUT2D eigenvalue weighted by Crippen LogP contribution is 2.35. The van der Waals surface area contributed by atoms with Crippen molar-refractivity contribution in [2.24, 2.45) is 5.73 Å². The molecule has 0 bridgehead atoms. The molecule has 0 amide bonds. The van der Waals surface area contributed by atoms with Gasteiger partial charge in [-0.3, -0.25) is 9.59 Å². The zero-order valence-corrected chi connectivity index (χ0v) is 14.0. The van der Waals surface area contributed by atoms with Crippen molar-refractivity contribution in [1.82, 2.24) is 9.72 Å². The summed E-state index contributed by atoms with van der Waals surface area (Å²) in [6.45, 7) is 2.37. The summed E-state index contributed by atoms with van der Waals surface area (Å²) in [5.41, 5.74) is 6.32. The van der Waals surface area contributed by atoms with E-state index in [1.54, 1.807) is 10.6 Å². The van der Waals surface area contributed by atoms with E-state index in [2.05, 4.69) is 5.16 Å². The smallest absolute Gasteiger partial charge is 0.293 e. The van der Waals surface area contributed by atoms with Crippen LogP contribution >= 0.6 is 0 Å². The minimum absolute atomic E-state index is 0.0440. The van der Waals surface area contributed by atoms with E-state index in [1.807, 2.05) is 6.92 Å². The Kier molecular flexibility index (Phi) is 3.76. The number of nitrogens with zero attached hydrogens (tertiary/aromatic N) is 1. The number of H-pyrrole nitrogens is 1. The zero-order chi connectivity index (χ0) is 17.7. The lowest BCUT2D eigenvalue weighted by atomic mass is 9.81. The summed E-state index contributed by atoms with van der Waals surface area (Å²) in [4.78, 5) is 24.5. The predicted molar refractivity (Wildman–Crippen MR) is 93.4 cm³/mol. The molecule has 3 aromatic rings. The van der Waals surface area contributed by atoms with Gasteiger partial charge in [0.15, 0.2) is 5.39 Å². The van der Waals surface area contributed by atoms with Gasteiger partial charge in [0.2, 0.25) is 11.1 Å². The highest BCUT2D eigenvalue weighted by atomic mass is 19.1. The molecule has 1 aliphatic carbocycles. The quantitative estimate of drug-likeness (QED) is 0.746. The average molecular weight is 345 g/mol. The first-order valence-corrected chi connectivity index (χ1v) is 8.64. The molecule has 4 rings (SSSR count). The molecular formula is C18H20FN3O3. The van der Waals surface area contributed by atoms with Crippen LogP contribution < -0.4 is 16.7 Å². The molecule has 25 heavy (non-hydrogen) atoms. The zero-order valence-electron chi connectivity index (χ0n) is 14.0. The lowest BCUT2D eigenvalue weighted by Gasteiger charge is -2.27. The van der Waals surface area contributed by atoms with E-state index in [4.69, 9.17) is 10.3 Å². The van der Waals surface area contributed by atoms with E-state index in [0.29, 0.717) is 17.6 Å². The molecule has 2 heterocycles. The van der Waals surface area contributed by atoms with Gasteiger partial charge in [0.05, 0.1) is 5.52 Å². The summed E-state index contributed by atoms with van der Waals surface area (Å²) >= 11 is 0. The van der Waals surface area contributed by atoms with Gasteiger partial charge in [-0.05, 0) is 49.8 Å². The number of nitrogens with two attached hydrogens (primary N) is 1. The molecule has 6 nitrogen and oxygen atoms in total. The van der Waals surface area contributed by atoms with Crippen molar-refractivity contribution in [3.8, 4) is 0 Å². The van der Waals surface area contributed by atoms with Gasteiger partial charge in [0.1, 0.15) is 5.82 Å². The second kappa shape index (κ2) is 5.84. The molecule has 0 radical (unpaired) electrons. The molecule has 2 unspecified atom stereocenters. The first-order valence-electron chi connectivity index (χ1n) is 8.64. The average Bonchev–Trinajstić information content (AvgIpc) is 2.97. The lowest BCUT2D eigenvalue weighted by molar-refractivity contribution is 0.384. The van der Waals surface area contributed by atoms with Gasteiger partial charge in [-0.1, -0.05) is 6.42 Å². The van der Waals surface area contributed by atoms with Crippen molar-refractivity contribution >= 4 is 22.0 Å². The van der Waals surface area contributed by atoms with E-state index in [0.717, 1.165) is 25.7 Å². The fourth-order valence-corrected chi connectivity index (χ4v) is 4.05. The highest BCUT2D eigenvalue weighted by Gasteiger charge is 2.25. The van der Waals surface area contributed by atoms with Gasteiger partial charge < -0.3 is 14.8 Å². The highest BCUT2D eigenvalue weighted by molar-refractivity contribution is 5.91. The summed E-state index contributed by atoms with van der Waals surface area (Å²) < 4.78 is 21.7. The Morgan fingerprint density at radius 3 is 2.88 bits per heavy atom. The summed E-state index contributed by atoms with van der Waals surface area (Å²) in [5, 5.41) is 2.33. The number of aromatic amines is 1. The van der Waals surface area contributed by atoms with Gasteiger partial charge >= 0.3 is 0 Å². The third-order valence-electron chi connectivity index (χ3n) is 5.27. The van der Waals surface area contributed by atoms with Crippen LogP contribution in [0.3, 0.4) is 0 Å². The summed E-state index contributed by atoms with van der Waals surface area (Å²) in [7, 11) is 0. The first-order chi connectivity index (χ1) is 12.0. The molecule has 7 heteroatoms. The Hall–Kier alpha value is -2.41. The third kappa shape index (κ3) is 2.41. The van der Waals surface area contributed by atoms with Gasteiger partial charge in [-0.15, -0.1) is 0 Å². The second-order valence-electron chi connectivity index (χ2n) is 6.80. The van der Waals surface area contributed by atoms with Crippen molar-refractivity contribution in [2.45, 2.75) is 51.1 Å². The molecule has 1 aromatic carbocycles. The fraction of sp³-hybridized carbons (Fsp3) is 0.444. The summed E-state index contributed by atoms with van der Waals surface area (Å²) in [6, 6.07) is 3.06. The van der Waals surface area contributed by atoms with Crippen LogP contribution in [0.5, 0.6) is 0 Å². The normalized spacial score (nSPS) is 21.2. The third-order valence-corrected chi connectivity index (χ3v) is 5.27. The number of pyridine rings is 1. The first kappa shape index (κ1) is 16.1. The van der Waals surface area contributed by atoms with Crippen molar-refractivity contribution in [3.63, 3.8) is 0 Å². The molecule has 132 valence electrons. The van der Waals surface area contributed by atoms with Crippen LogP contribution in [0, 0.1) is 5.82 Å². The molecule has 0 saturated heterocycles. The fourth-order valence-electron chi connectivity index (χ4n) is 4.05. The van der Waals surface area contributed by atoms with Crippen molar-refractivity contribution in [1.29, 1.82) is 0 Å². The van der Waals surface area contributed by atoms with E-state index in [9.17, 15) is 14.0 Å². The Morgan fingerprint density at radius 2 is 2.16 bits per heavy atom. The van der Waals surface area contributed by atoms with Crippen molar-refractivity contribution < 1.29 is 8.91 Å². The molecule has 1 fully saturated rings. The number of nitrogens with one attached hydrogen (secondary N) is 1. The maximum atomic E-state index is 14.8. The van der Waals surface area contributed by atoms with Crippen molar-refractivity contribution in [2.75, 3.05) is 0 Å². The van der Waals surface area contributed by atoms with Gasteiger partial charge in [-0.2, -0.15) is 5.16 Å². The van der Waals surface area contributed by atoms with Crippen LogP contribution in [-0.2, 0) is 6.54 Å².